The number of aliphatic hydroxyl groups is 1. The van der Waals surface area contributed by atoms with Crippen LogP contribution in [0, 0.1) is 17.8 Å². The highest BCUT2D eigenvalue weighted by Crippen LogP contribution is 2.22. The molecule has 308 valence electrons. The van der Waals surface area contributed by atoms with Crippen LogP contribution in [0.15, 0.2) is 30.5 Å². The van der Waals surface area contributed by atoms with Gasteiger partial charge in [-0.1, -0.05) is 59.7 Å². The Bertz CT molecular complexity index is 1740. The number of para-hydroxylation sites is 1. The fourth-order valence-electron chi connectivity index (χ4n) is 7.31. The second-order valence-corrected chi connectivity index (χ2v) is 16.4. The number of carbonyl (C=O) groups excluding carboxylic acids is 7. The molecule has 16 heteroatoms. The van der Waals surface area contributed by atoms with Crippen LogP contribution in [0.2, 0.25) is 0 Å². The number of aromatic amines is 1. The van der Waals surface area contributed by atoms with Crippen molar-refractivity contribution < 1.29 is 38.7 Å². The number of aliphatic hydroxyl groups excluding tert-OH is 1. The smallest absolute Gasteiger partial charge is 0.248 e. The van der Waals surface area contributed by atoms with Crippen LogP contribution in [0.25, 0.3) is 10.9 Å². The second-order valence-electron chi connectivity index (χ2n) is 16.4. The van der Waals surface area contributed by atoms with Gasteiger partial charge in [0, 0.05) is 30.1 Å². The molecule has 2 saturated heterocycles. The fraction of sp³-hybridized carbons (Fsp3) is 0.625. The average Bonchev–Trinajstić information content (AvgIpc) is 3.78. The maximum Gasteiger partial charge on any atom is 0.248 e. The summed E-state index contributed by atoms with van der Waals surface area (Å²) in [5.74, 6) is -4.75. The van der Waals surface area contributed by atoms with E-state index in [4.69, 9.17) is 0 Å². The maximum absolute atomic E-state index is 14.1. The molecule has 2 aliphatic heterocycles. The summed E-state index contributed by atoms with van der Waals surface area (Å²) in [5.41, 5.74) is 1.56. The number of nitrogens with zero attached hydrogens (tertiary/aromatic N) is 1. The lowest BCUT2D eigenvalue weighted by Gasteiger charge is -2.32. The molecule has 2 aromatic rings. The van der Waals surface area contributed by atoms with Crippen LogP contribution < -0.4 is 31.9 Å². The molecule has 0 bridgehead atoms. The third-order valence-electron chi connectivity index (χ3n) is 10.1. The molecule has 1 aromatic carbocycles. The summed E-state index contributed by atoms with van der Waals surface area (Å²) in [7, 11) is 0. The Labute approximate surface area is 328 Å². The topological polar surface area (TPSA) is 231 Å². The van der Waals surface area contributed by atoms with Crippen molar-refractivity contribution in [1.29, 1.82) is 0 Å². The summed E-state index contributed by atoms with van der Waals surface area (Å²) in [6, 6.07) is 0.554. The van der Waals surface area contributed by atoms with Crippen LogP contribution in [0.1, 0.15) is 86.1 Å². The number of rotatable bonds is 9. The van der Waals surface area contributed by atoms with Crippen LogP contribution in [0.4, 0.5) is 0 Å². The summed E-state index contributed by atoms with van der Waals surface area (Å²) < 4.78 is 0. The lowest BCUT2D eigenvalue weighted by atomic mass is 9.98. The van der Waals surface area contributed by atoms with Crippen LogP contribution >= 0.6 is 0 Å². The van der Waals surface area contributed by atoms with Gasteiger partial charge < -0.3 is 46.9 Å². The Balaban J connectivity index is 1.73. The Kier molecular flexibility index (Phi) is 15.4. The molecule has 16 nitrogen and oxygen atoms in total. The fourth-order valence-corrected chi connectivity index (χ4v) is 7.31. The largest absolute Gasteiger partial charge is 0.391 e. The SMILES string of the molecule is CC(C)C[C@@H]1NC(=O)CNC(=O)[C@H](Cc2c[nH]c3ccccc23)NC(=O)[C@@H]2CCCN2C(=O)[C@H]([C@@H](C)O)NC(=O)[C@H](CC(C)C)NC(=O)[C@H](CC(C)C)NC1=O. The van der Waals surface area contributed by atoms with E-state index in [0.717, 1.165) is 16.5 Å². The van der Waals surface area contributed by atoms with Crippen molar-refractivity contribution in [3.05, 3.63) is 36.0 Å². The number of hydrogen-bond donors (Lipinski definition) is 8. The van der Waals surface area contributed by atoms with E-state index in [1.807, 2.05) is 65.8 Å². The number of benzene rings is 1. The molecule has 0 unspecified atom stereocenters. The zero-order valence-corrected chi connectivity index (χ0v) is 33.6. The highest BCUT2D eigenvalue weighted by Gasteiger charge is 2.41. The Hall–Kier alpha value is -4.99. The van der Waals surface area contributed by atoms with Gasteiger partial charge in [-0.05, 0) is 68.4 Å². The summed E-state index contributed by atoms with van der Waals surface area (Å²) in [6.07, 6.45) is 1.77. The van der Waals surface area contributed by atoms with Gasteiger partial charge in [-0.2, -0.15) is 0 Å². The quantitative estimate of drug-likeness (QED) is 0.181. The Morgan fingerprint density at radius 3 is 1.79 bits per heavy atom. The van der Waals surface area contributed by atoms with Crippen molar-refractivity contribution in [2.24, 2.45) is 17.8 Å². The molecule has 1 aromatic heterocycles. The van der Waals surface area contributed by atoms with Crippen molar-refractivity contribution in [2.45, 2.75) is 129 Å². The van der Waals surface area contributed by atoms with Crippen LogP contribution in [-0.2, 0) is 40.0 Å². The molecular weight excluding hydrogens is 720 g/mol. The van der Waals surface area contributed by atoms with Crippen LogP contribution in [0.3, 0.4) is 0 Å². The lowest BCUT2D eigenvalue weighted by molar-refractivity contribution is -0.144. The van der Waals surface area contributed by atoms with Gasteiger partial charge in [-0.15, -0.1) is 0 Å². The molecule has 0 spiro atoms. The standard InChI is InChI=1S/C40H60N8O8/c1-21(2)15-28-36(52)44-29(16-22(3)4)37(53)45-30(17-23(5)6)38(54)47-34(24(7)49)40(56)48-14-10-13-32(48)39(55)46-31(35(51)42-20-33(50)43-28)18-25-19-41-27-12-9-8-11-26(25)27/h8-9,11-12,19,21-24,28-32,34,41,49H,10,13-18,20H2,1-7H3,(H,42,51)(H,43,50)(H,44,52)(H,45,53)(H,46,55)(H,47,54)/t24-,28+,29+,30+,31+,32+,34+/m1/s1. The molecule has 8 N–H and O–H groups in total. The molecule has 0 saturated carbocycles. The number of hydrogen-bond acceptors (Lipinski definition) is 8. The highest BCUT2D eigenvalue weighted by atomic mass is 16.3. The first kappa shape index (κ1) is 43.7. The van der Waals surface area contributed by atoms with E-state index in [1.54, 1.807) is 6.20 Å². The van der Waals surface area contributed by atoms with Gasteiger partial charge in [0.05, 0.1) is 12.6 Å². The van der Waals surface area contributed by atoms with Crippen molar-refractivity contribution in [3.63, 3.8) is 0 Å². The first-order chi connectivity index (χ1) is 26.4. The predicted molar refractivity (Wildman–Crippen MR) is 209 cm³/mol. The van der Waals surface area contributed by atoms with E-state index in [-0.39, 0.29) is 56.4 Å². The van der Waals surface area contributed by atoms with Gasteiger partial charge in [0.15, 0.2) is 0 Å². The van der Waals surface area contributed by atoms with E-state index in [9.17, 15) is 38.7 Å². The first-order valence-corrected chi connectivity index (χ1v) is 19.8. The second kappa shape index (κ2) is 19.7. The van der Waals surface area contributed by atoms with E-state index in [0.29, 0.717) is 6.42 Å². The molecule has 7 amide bonds. The summed E-state index contributed by atoms with van der Waals surface area (Å²) in [6.45, 7) is 12.2. The van der Waals surface area contributed by atoms with Crippen LogP contribution in [-0.4, -0.2) is 112 Å². The third kappa shape index (κ3) is 11.8. The number of amides is 7. The van der Waals surface area contributed by atoms with E-state index in [1.165, 1.54) is 11.8 Å². The minimum absolute atomic E-state index is 0.0397. The van der Waals surface area contributed by atoms with E-state index < -0.39 is 90.3 Å². The van der Waals surface area contributed by atoms with E-state index in [2.05, 4.69) is 36.9 Å². The zero-order valence-electron chi connectivity index (χ0n) is 33.6. The zero-order chi connectivity index (χ0) is 41.3. The van der Waals surface area contributed by atoms with Gasteiger partial charge in [0.25, 0.3) is 0 Å². The molecule has 2 aliphatic rings. The minimum Gasteiger partial charge on any atom is -0.391 e. The summed E-state index contributed by atoms with van der Waals surface area (Å²) in [5, 5.41) is 27.9. The number of nitrogens with one attached hydrogen (secondary N) is 7. The number of aromatic nitrogens is 1. The molecule has 3 heterocycles. The number of carbonyl (C=O) groups is 7. The average molecular weight is 781 g/mol. The number of fused-ring (bicyclic) bond motifs is 2. The van der Waals surface area contributed by atoms with Gasteiger partial charge in [-0.3, -0.25) is 33.6 Å². The molecule has 2 fully saturated rings. The van der Waals surface area contributed by atoms with Crippen LogP contribution in [0.5, 0.6) is 0 Å². The van der Waals surface area contributed by atoms with Gasteiger partial charge in [-0.25, -0.2) is 0 Å². The molecule has 7 atom stereocenters. The van der Waals surface area contributed by atoms with Gasteiger partial charge in [0.2, 0.25) is 41.4 Å². The summed E-state index contributed by atoms with van der Waals surface area (Å²) >= 11 is 0. The molecule has 0 radical (unpaired) electrons. The van der Waals surface area contributed by atoms with Crippen molar-refractivity contribution >= 4 is 52.3 Å². The Morgan fingerprint density at radius 2 is 1.21 bits per heavy atom. The summed E-state index contributed by atoms with van der Waals surface area (Å²) in [4.78, 5) is 101. The minimum atomic E-state index is -1.46. The number of H-pyrrole nitrogens is 1. The van der Waals surface area contributed by atoms with Crippen molar-refractivity contribution in [3.8, 4) is 0 Å². The van der Waals surface area contributed by atoms with Gasteiger partial charge in [0.1, 0.15) is 36.3 Å². The maximum atomic E-state index is 14.1. The molecule has 0 aliphatic carbocycles. The monoisotopic (exact) mass is 780 g/mol. The first-order valence-electron chi connectivity index (χ1n) is 19.8. The van der Waals surface area contributed by atoms with Crippen molar-refractivity contribution in [1.82, 2.24) is 41.8 Å². The van der Waals surface area contributed by atoms with Crippen molar-refractivity contribution in [2.75, 3.05) is 13.1 Å². The predicted octanol–water partition coefficient (Wildman–Crippen LogP) is 0.774. The third-order valence-corrected chi connectivity index (χ3v) is 10.1. The Morgan fingerprint density at radius 1 is 0.679 bits per heavy atom. The normalized spacial score (nSPS) is 25.9. The lowest BCUT2D eigenvalue weighted by Crippen LogP contribution is -2.61. The molecule has 4 rings (SSSR count). The van der Waals surface area contributed by atoms with E-state index >= 15 is 0 Å². The van der Waals surface area contributed by atoms with Gasteiger partial charge >= 0.3 is 0 Å². The highest BCUT2D eigenvalue weighted by molar-refractivity contribution is 5.98. The molecular formula is C40H60N8O8. The molecule has 56 heavy (non-hydrogen) atoms.